The van der Waals surface area contributed by atoms with Gasteiger partial charge in [0.1, 0.15) is 29.5 Å². The van der Waals surface area contributed by atoms with Gasteiger partial charge in [-0.3, -0.25) is 0 Å². The molecule has 0 fully saturated rings. The molecule has 3 aliphatic rings. The van der Waals surface area contributed by atoms with Gasteiger partial charge in [0.25, 0.3) is 0 Å². The molecule has 2 aliphatic heterocycles. The minimum Gasteiger partial charge on any atom is -0.508 e. The van der Waals surface area contributed by atoms with Crippen LogP contribution in [0.25, 0.3) is 11.1 Å². The highest BCUT2D eigenvalue weighted by Gasteiger charge is 2.38. The maximum atomic E-state index is 11.4. The number of nitrogens with one attached hydrogen (secondary N) is 1. The van der Waals surface area contributed by atoms with Gasteiger partial charge in [0.05, 0.1) is 26.9 Å². The molecular weight excluding hydrogens is 524 g/mol. The molecule has 2 heterocycles. The number of fused-ring (bicyclic) bond motifs is 5. The molecular formula is C32H36N2O7. The Kier molecular flexibility index (Phi) is 7.32. The minimum atomic E-state index is -0.812. The van der Waals surface area contributed by atoms with Crippen LogP contribution in [-0.4, -0.2) is 67.0 Å². The third-order valence-electron chi connectivity index (χ3n) is 8.42. The highest BCUT2D eigenvalue weighted by Crippen LogP contribution is 2.53. The average molecular weight is 561 g/mol. The van der Waals surface area contributed by atoms with Gasteiger partial charge < -0.3 is 44.5 Å². The number of hydrogen-bond acceptors (Lipinski definition) is 9. The van der Waals surface area contributed by atoms with Gasteiger partial charge in [-0.05, 0) is 65.3 Å². The Balaban J connectivity index is 1.42. The van der Waals surface area contributed by atoms with Crippen LogP contribution in [0.2, 0.25) is 0 Å². The summed E-state index contributed by atoms with van der Waals surface area (Å²) in [5.41, 5.74) is 5.88. The lowest BCUT2D eigenvalue weighted by molar-refractivity contribution is 0.0200. The average Bonchev–Trinajstić information content (AvgIpc) is 3.42. The SMILES string of the molecule is COCC1NC=CN1CC[C@H]1Cc2cc(O)ccc2-c2c(OC)cc3c(c21)C[C@@H](O)[C@@H](c1ccc(O)c(OC)c1)O3. The maximum Gasteiger partial charge on any atom is 0.160 e. The highest BCUT2D eigenvalue weighted by molar-refractivity contribution is 5.83. The first-order valence-corrected chi connectivity index (χ1v) is 13.9. The Hall–Kier alpha value is -4.08. The Labute approximate surface area is 239 Å². The minimum absolute atomic E-state index is 0.0287. The molecule has 0 radical (unpaired) electrons. The second kappa shape index (κ2) is 11.1. The van der Waals surface area contributed by atoms with E-state index < -0.39 is 12.2 Å². The number of ether oxygens (including phenoxy) is 4. The molecule has 0 amide bonds. The molecule has 9 nitrogen and oxygen atoms in total. The van der Waals surface area contributed by atoms with Gasteiger partial charge in [0.2, 0.25) is 0 Å². The van der Waals surface area contributed by atoms with Gasteiger partial charge in [0.15, 0.2) is 11.5 Å². The number of aromatic hydroxyl groups is 2. The molecule has 0 aromatic heterocycles. The lowest BCUT2D eigenvalue weighted by atomic mass is 9.73. The fourth-order valence-electron chi connectivity index (χ4n) is 6.49. The van der Waals surface area contributed by atoms with E-state index in [-0.39, 0.29) is 23.6 Å². The van der Waals surface area contributed by atoms with Crippen LogP contribution in [0.3, 0.4) is 0 Å². The van der Waals surface area contributed by atoms with Gasteiger partial charge in [-0.15, -0.1) is 0 Å². The smallest absolute Gasteiger partial charge is 0.160 e. The van der Waals surface area contributed by atoms with Crippen LogP contribution < -0.4 is 19.5 Å². The number of aliphatic hydroxyl groups excluding tert-OH is 1. The number of rotatable bonds is 8. The van der Waals surface area contributed by atoms with Crippen molar-refractivity contribution in [1.29, 1.82) is 0 Å². The Morgan fingerprint density at radius 2 is 1.83 bits per heavy atom. The van der Waals surface area contributed by atoms with E-state index in [1.165, 1.54) is 7.11 Å². The first-order valence-electron chi connectivity index (χ1n) is 13.9. The number of phenols is 2. The van der Waals surface area contributed by atoms with Gasteiger partial charge in [-0.25, -0.2) is 0 Å². The van der Waals surface area contributed by atoms with Crippen LogP contribution in [0.15, 0.2) is 54.9 Å². The molecule has 6 rings (SSSR count). The van der Waals surface area contributed by atoms with Crippen molar-refractivity contribution in [3.05, 3.63) is 77.1 Å². The zero-order valence-corrected chi connectivity index (χ0v) is 23.5. The second-order valence-electron chi connectivity index (χ2n) is 10.8. The maximum absolute atomic E-state index is 11.4. The molecule has 0 saturated carbocycles. The summed E-state index contributed by atoms with van der Waals surface area (Å²) in [6, 6.07) is 12.4. The summed E-state index contributed by atoms with van der Waals surface area (Å²) < 4.78 is 23.1. The Morgan fingerprint density at radius 1 is 1.00 bits per heavy atom. The first-order chi connectivity index (χ1) is 19.9. The summed E-state index contributed by atoms with van der Waals surface area (Å²) in [4.78, 5) is 2.24. The van der Waals surface area contributed by atoms with E-state index in [4.69, 9.17) is 18.9 Å². The van der Waals surface area contributed by atoms with E-state index in [9.17, 15) is 15.3 Å². The van der Waals surface area contributed by atoms with E-state index in [2.05, 4.69) is 16.4 Å². The zero-order valence-electron chi connectivity index (χ0n) is 23.5. The summed E-state index contributed by atoms with van der Waals surface area (Å²) in [5, 5.41) is 35.1. The van der Waals surface area contributed by atoms with Crippen molar-refractivity contribution in [2.45, 2.75) is 43.6 Å². The molecule has 1 aliphatic carbocycles. The lowest BCUT2D eigenvalue weighted by Crippen LogP contribution is -2.40. The van der Waals surface area contributed by atoms with E-state index in [0.717, 1.165) is 47.2 Å². The van der Waals surface area contributed by atoms with Crippen molar-refractivity contribution >= 4 is 0 Å². The molecule has 3 aromatic carbocycles. The van der Waals surface area contributed by atoms with E-state index in [1.807, 2.05) is 24.4 Å². The largest absolute Gasteiger partial charge is 0.508 e. The fraction of sp³-hybridized carbons (Fsp3) is 0.375. The van der Waals surface area contributed by atoms with Crippen molar-refractivity contribution in [2.24, 2.45) is 0 Å². The fourth-order valence-corrected chi connectivity index (χ4v) is 6.49. The van der Waals surface area contributed by atoms with Crippen molar-refractivity contribution in [1.82, 2.24) is 10.2 Å². The Bertz CT molecular complexity index is 1470. The summed E-state index contributed by atoms with van der Waals surface area (Å²) >= 11 is 0. The predicted octanol–water partition coefficient (Wildman–Crippen LogP) is 4.20. The van der Waals surface area contributed by atoms with Crippen molar-refractivity contribution in [2.75, 3.05) is 34.5 Å². The number of phenolic OH excluding ortho intramolecular Hbond substituents is 2. The molecule has 0 bridgehead atoms. The van der Waals surface area contributed by atoms with Crippen molar-refractivity contribution < 1.29 is 34.3 Å². The lowest BCUT2D eigenvalue weighted by Gasteiger charge is -2.38. The molecule has 4 N–H and O–H groups in total. The van der Waals surface area contributed by atoms with Crippen LogP contribution in [0.4, 0.5) is 0 Å². The van der Waals surface area contributed by atoms with Crippen LogP contribution in [0, 0.1) is 0 Å². The Morgan fingerprint density at radius 3 is 2.61 bits per heavy atom. The number of methoxy groups -OCH3 is 3. The predicted molar refractivity (Wildman–Crippen MR) is 154 cm³/mol. The van der Waals surface area contributed by atoms with Gasteiger partial charge in [-0.1, -0.05) is 12.1 Å². The molecule has 216 valence electrons. The third kappa shape index (κ3) is 4.89. The van der Waals surface area contributed by atoms with Crippen LogP contribution in [0.1, 0.15) is 40.7 Å². The number of aliphatic hydroxyl groups is 1. The van der Waals surface area contributed by atoms with Gasteiger partial charge >= 0.3 is 0 Å². The van der Waals surface area contributed by atoms with E-state index >= 15 is 0 Å². The molecule has 9 heteroatoms. The normalized spacial score (nSPS) is 22.3. The number of nitrogens with zero attached hydrogens (tertiary/aromatic N) is 1. The number of hydrogen-bond donors (Lipinski definition) is 4. The van der Waals surface area contributed by atoms with Crippen molar-refractivity contribution in [3.63, 3.8) is 0 Å². The molecule has 3 aromatic rings. The molecule has 1 unspecified atom stereocenters. The van der Waals surface area contributed by atoms with Gasteiger partial charge in [0, 0.05) is 49.7 Å². The van der Waals surface area contributed by atoms with E-state index in [1.54, 1.807) is 38.5 Å². The summed E-state index contributed by atoms with van der Waals surface area (Å²) in [6.45, 7) is 1.36. The van der Waals surface area contributed by atoms with Crippen LogP contribution in [0.5, 0.6) is 28.7 Å². The van der Waals surface area contributed by atoms with E-state index in [0.29, 0.717) is 35.8 Å². The van der Waals surface area contributed by atoms with Crippen molar-refractivity contribution in [3.8, 4) is 39.9 Å². The standard InChI is InChI=1S/C32H36N2O7/c1-38-17-29-33-9-11-34(29)10-8-18-12-20-13-21(35)5-6-22(20)31-28(40-3)16-26-23(30(18)31)15-25(37)32(41-26)19-4-7-24(36)27(14-19)39-2/h4-7,9,11,13-14,16,18,25,29,32-33,35-37H,8,10,12,15,17H2,1-3H3/t18-,25+,29?,32+/m0/s1. The summed E-state index contributed by atoms with van der Waals surface area (Å²) in [7, 11) is 4.85. The van der Waals surface area contributed by atoms with Crippen LogP contribution in [-0.2, 0) is 17.6 Å². The quantitative estimate of drug-likeness (QED) is 0.322. The molecule has 0 saturated heterocycles. The molecule has 0 spiro atoms. The highest BCUT2D eigenvalue weighted by atomic mass is 16.5. The first kappa shape index (κ1) is 27.1. The molecule has 41 heavy (non-hydrogen) atoms. The monoisotopic (exact) mass is 560 g/mol. The molecule has 4 atom stereocenters. The van der Waals surface area contributed by atoms with Crippen LogP contribution >= 0.6 is 0 Å². The summed E-state index contributed by atoms with van der Waals surface area (Å²) in [5.74, 6) is 2.05. The second-order valence-corrected chi connectivity index (χ2v) is 10.8. The summed E-state index contributed by atoms with van der Waals surface area (Å²) in [6.07, 6.45) is 4.60. The van der Waals surface area contributed by atoms with Gasteiger partial charge in [-0.2, -0.15) is 0 Å². The zero-order chi connectivity index (χ0) is 28.7. The topological polar surface area (TPSA) is 113 Å². The third-order valence-corrected chi connectivity index (χ3v) is 8.42. The number of benzene rings is 3.